The fraction of sp³-hybridized carbons (Fsp3) is 0.300. The molecule has 0 aliphatic carbocycles. The van der Waals surface area contributed by atoms with Crippen molar-refractivity contribution in [3.63, 3.8) is 0 Å². The summed E-state index contributed by atoms with van der Waals surface area (Å²) in [5.41, 5.74) is 0.976. The summed E-state index contributed by atoms with van der Waals surface area (Å²) >= 11 is 5.09. The van der Waals surface area contributed by atoms with Crippen molar-refractivity contribution in [2.75, 3.05) is 7.11 Å². The third-order valence-electron chi connectivity index (χ3n) is 2.33. The number of pyridine rings is 1. The molecule has 2 aromatic heterocycles. The highest BCUT2D eigenvalue weighted by Crippen LogP contribution is 2.11. The van der Waals surface area contributed by atoms with E-state index in [0.717, 1.165) is 5.56 Å². The molecule has 2 N–H and O–H groups in total. The molecule has 0 aromatic carbocycles. The number of methoxy groups -OCH3 is 1. The molecule has 0 unspecified atom stereocenters. The van der Waals surface area contributed by atoms with Crippen molar-refractivity contribution in [2.45, 2.75) is 13.2 Å². The lowest BCUT2D eigenvalue weighted by molar-refractivity contribution is 0.265. The standard InChI is InChI=1S/C10H12N4O2S/c1-16-9-4-7(2-3-11-9)5-14-8(6-15)12-13-10(14)17/h2-4,15H,5-6H2,1H3,(H,13,17). The van der Waals surface area contributed by atoms with Crippen LogP contribution in [0.4, 0.5) is 0 Å². The van der Waals surface area contributed by atoms with Crippen LogP contribution in [0.15, 0.2) is 18.3 Å². The number of ether oxygens (including phenoxy) is 1. The predicted octanol–water partition coefficient (Wildman–Crippen LogP) is 0.885. The average molecular weight is 252 g/mol. The van der Waals surface area contributed by atoms with Gasteiger partial charge in [0.2, 0.25) is 5.88 Å². The van der Waals surface area contributed by atoms with E-state index in [9.17, 15) is 0 Å². The van der Waals surface area contributed by atoms with Crippen LogP contribution in [-0.4, -0.2) is 32.0 Å². The first-order valence-corrected chi connectivity index (χ1v) is 5.39. The van der Waals surface area contributed by atoms with E-state index in [1.807, 2.05) is 12.1 Å². The number of aromatic amines is 1. The summed E-state index contributed by atoms with van der Waals surface area (Å²) in [4.78, 5) is 4.02. The number of nitrogens with zero attached hydrogens (tertiary/aromatic N) is 3. The van der Waals surface area contributed by atoms with Gasteiger partial charge in [-0.15, -0.1) is 0 Å². The smallest absolute Gasteiger partial charge is 0.213 e. The van der Waals surface area contributed by atoms with Gasteiger partial charge in [0.05, 0.1) is 13.7 Å². The second-order valence-corrected chi connectivity index (χ2v) is 3.78. The monoisotopic (exact) mass is 252 g/mol. The van der Waals surface area contributed by atoms with E-state index in [2.05, 4.69) is 15.2 Å². The number of hydrogen-bond donors (Lipinski definition) is 2. The predicted molar refractivity (Wildman–Crippen MR) is 63.2 cm³/mol. The quantitative estimate of drug-likeness (QED) is 0.790. The first-order chi connectivity index (χ1) is 8.24. The zero-order valence-corrected chi connectivity index (χ0v) is 10.1. The van der Waals surface area contributed by atoms with Gasteiger partial charge in [-0.1, -0.05) is 0 Å². The van der Waals surface area contributed by atoms with Crippen LogP contribution >= 0.6 is 12.2 Å². The molecule has 0 saturated carbocycles. The topological polar surface area (TPSA) is 76.0 Å². The average Bonchev–Trinajstić information content (AvgIpc) is 2.71. The van der Waals surface area contributed by atoms with E-state index in [0.29, 0.717) is 23.0 Å². The fourth-order valence-corrected chi connectivity index (χ4v) is 1.69. The molecule has 0 aliphatic heterocycles. The van der Waals surface area contributed by atoms with Gasteiger partial charge in [-0.3, -0.25) is 9.67 Å². The molecule has 0 saturated heterocycles. The van der Waals surface area contributed by atoms with Crippen LogP contribution < -0.4 is 4.74 Å². The second kappa shape index (κ2) is 5.07. The Labute approximate surface area is 103 Å². The van der Waals surface area contributed by atoms with Crippen molar-refractivity contribution in [1.82, 2.24) is 19.7 Å². The van der Waals surface area contributed by atoms with E-state index in [1.54, 1.807) is 17.9 Å². The Hall–Kier alpha value is -1.73. The van der Waals surface area contributed by atoms with Gasteiger partial charge in [0.1, 0.15) is 6.61 Å². The highest BCUT2D eigenvalue weighted by Gasteiger charge is 2.06. The number of hydrogen-bond acceptors (Lipinski definition) is 5. The minimum absolute atomic E-state index is 0.157. The Morgan fingerprint density at radius 1 is 1.59 bits per heavy atom. The molecule has 0 bridgehead atoms. The Bertz CT molecular complexity index is 563. The fourth-order valence-electron chi connectivity index (χ4n) is 1.48. The van der Waals surface area contributed by atoms with Crippen molar-refractivity contribution < 1.29 is 9.84 Å². The van der Waals surface area contributed by atoms with Crippen molar-refractivity contribution in [1.29, 1.82) is 0 Å². The van der Waals surface area contributed by atoms with Crippen molar-refractivity contribution in [3.05, 3.63) is 34.5 Å². The summed E-state index contributed by atoms with van der Waals surface area (Å²) in [5.74, 6) is 1.05. The zero-order valence-electron chi connectivity index (χ0n) is 9.25. The van der Waals surface area contributed by atoms with Crippen LogP contribution in [0.25, 0.3) is 0 Å². The SMILES string of the molecule is COc1cc(Cn2c(CO)n[nH]c2=S)ccn1. The lowest BCUT2D eigenvalue weighted by Crippen LogP contribution is -2.05. The van der Waals surface area contributed by atoms with Gasteiger partial charge in [0, 0.05) is 12.3 Å². The van der Waals surface area contributed by atoms with Gasteiger partial charge in [-0.05, 0) is 23.8 Å². The molecule has 0 fully saturated rings. The van der Waals surface area contributed by atoms with Gasteiger partial charge in [-0.25, -0.2) is 4.98 Å². The van der Waals surface area contributed by atoms with Gasteiger partial charge in [0.15, 0.2) is 10.6 Å². The third-order valence-corrected chi connectivity index (χ3v) is 2.64. The molecule has 0 atom stereocenters. The third kappa shape index (κ3) is 2.51. The summed E-state index contributed by atoms with van der Waals surface area (Å²) in [6.07, 6.45) is 1.66. The number of H-pyrrole nitrogens is 1. The Morgan fingerprint density at radius 3 is 3.12 bits per heavy atom. The van der Waals surface area contributed by atoms with Crippen LogP contribution in [0.2, 0.25) is 0 Å². The van der Waals surface area contributed by atoms with Gasteiger partial charge in [0.25, 0.3) is 0 Å². The maximum Gasteiger partial charge on any atom is 0.213 e. The molecule has 2 heterocycles. The Kier molecular flexibility index (Phi) is 3.50. The first-order valence-electron chi connectivity index (χ1n) is 4.98. The normalized spacial score (nSPS) is 10.5. The lowest BCUT2D eigenvalue weighted by atomic mass is 10.2. The van der Waals surface area contributed by atoms with Crippen molar-refractivity contribution >= 4 is 12.2 Å². The summed E-state index contributed by atoms with van der Waals surface area (Å²) in [7, 11) is 1.56. The Morgan fingerprint density at radius 2 is 2.41 bits per heavy atom. The molecule has 0 spiro atoms. The molecule has 0 aliphatic rings. The van der Waals surface area contributed by atoms with Crippen LogP contribution in [-0.2, 0) is 13.2 Å². The molecule has 6 nitrogen and oxygen atoms in total. The summed E-state index contributed by atoms with van der Waals surface area (Å²) in [5, 5.41) is 15.7. The molecule has 2 rings (SSSR count). The molecular weight excluding hydrogens is 240 g/mol. The van der Waals surface area contributed by atoms with Crippen LogP contribution in [0.5, 0.6) is 5.88 Å². The van der Waals surface area contributed by atoms with Gasteiger partial charge < -0.3 is 9.84 Å². The second-order valence-electron chi connectivity index (χ2n) is 3.40. The molecule has 0 radical (unpaired) electrons. The number of rotatable bonds is 4. The summed E-state index contributed by atoms with van der Waals surface area (Å²) in [6, 6.07) is 3.67. The highest BCUT2D eigenvalue weighted by molar-refractivity contribution is 7.71. The van der Waals surface area contributed by atoms with E-state index >= 15 is 0 Å². The maximum atomic E-state index is 9.12. The van der Waals surface area contributed by atoms with Crippen LogP contribution in [0.1, 0.15) is 11.4 Å². The molecule has 17 heavy (non-hydrogen) atoms. The van der Waals surface area contributed by atoms with E-state index < -0.39 is 0 Å². The van der Waals surface area contributed by atoms with Crippen LogP contribution in [0, 0.1) is 4.77 Å². The molecule has 0 amide bonds. The highest BCUT2D eigenvalue weighted by atomic mass is 32.1. The maximum absolute atomic E-state index is 9.12. The van der Waals surface area contributed by atoms with E-state index in [4.69, 9.17) is 22.1 Å². The lowest BCUT2D eigenvalue weighted by Gasteiger charge is -2.06. The summed E-state index contributed by atoms with van der Waals surface area (Å²) in [6.45, 7) is 0.361. The number of aliphatic hydroxyl groups is 1. The van der Waals surface area contributed by atoms with E-state index in [-0.39, 0.29) is 6.61 Å². The zero-order chi connectivity index (χ0) is 12.3. The minimum Gasteiger partial charge on any atom is -0.481 e. The summed E-state index contributed by atoms with van der Waals surface area (Å²) < 4.78 is 7.24. The molecule has 2 aromatic rings. The number of nitrogens with one attached hydrogen (secondary N) is 1. The number of aromatic nitrogens is 4. The molecule has 7 heteroatoms. The van der Waals surface area contributed by atoms with Crippen LogP contribution in [0.3, 0.4) is 0 Å². The molecular formula is C10H12N4O2S. The minimum atomic E-state index is -0.157. The van der Waals surface area contributed by atoms with Gasteiger partial charge in [-0.2, -0.15) is 5.10 Å². The van der Waals surface area contributed by atoms with Crippen molar-refractivity contribution in [3.8, 4) is 5.88 Å². The van der Waals surface area contributed by atoms with Gasteiger partial charge >= 0.3 is 0 Å². The number of aliphatic hydroxyl groups excluding tert-OH is 1. The van der Waals surface area contributed by atoms with Crippen molar-refractivity contribution in [2.24, 2.45) is 0 Å². The Balaban J connectivity index is 2.30. The largest absolute Gasteiger partial charge is 0.481 e. The molecule has 90 valence electrons. The van der Waals surface area contributed by atoms with E-state index in [1.165, 1.54) is 0 Å². The first kappa shape index (κ1) is 11.7.